The third-order valence-electron chi connectivity index (χ3n) is 4.94. The van der Waals surface area contributed by atoms with Crippen LogP contribution in [0.3, 0.4) is 0 Å². The van der Waals surface area contributed by atoms with Crippen molar-refractivity contribution in [2.24, 2.45) is 5.10 Å². The predicted molar refractivity (Wildman–Crippen MR) is 126 cm³/mol. The lowest BCUT2D eigenvalue weighted by atomic mass is 10.1. The number of ether oxygens (including phenoxy) is 1. The van der Waals surface area contributed by atoms with Gasteiger partial charge in [0.2, 0.25) is 11.6 Å². The summed E-state index contributed by atoms with van der Waals surface area (Å²) in [7, 11) is 0. The Morgan fingerprint density at radius 1 is 1.20 bits per heavy atom. The number of amides is 1. The number of carbonyl (C=O) groups excluding carboxylic acids is 1. The summed E-state index contributed by atoms with van der Waals surface area (Å²) in [6, 6.07) is 16.0. The number of nitrogens with one attached hydrogen (secondary N) is 1. The van der Waals surface area contributed by atoms with Gasteiger partial charge in [0, 0.05) is 5.56 Å². The summed E-state index contributed by atoms with van der Waals surface area (Å²) in [5, 5.41) is 28.5. The summed E-state index contributed by atoms with van der Waals surface area (Å²) in [4.78, 5) is 13.1. The average Bonchev–Trinajstić information content (AvgIpc) is 3.52. The van der Waals surface area contributed by atoms with Crippen molar-refractivity contribution in [3.8, 4) is 28.9 Å². The smallest absolute Gasteiger partial charge is 0.294 e. The third kappa shape index (κ3) is 4.98. The van der Waals surface area contributed by atoms with Gasteiger partial charge in [-0.15, -0.1) is 5.10 Å². The van der Waals surface area contributed by atoms with Crippen LogP contribution in [0.4, 0.5) is 5.82 Å². The number of hydrogen-bond acceptors (Lipinski definition) is 10. The molecule has 0 atom stereocenters. The molecule has 2 aromatic carbocycles. The zero-order valence-electron chi connectivity index (χ0n) is 19.0. The van der Waals surface area contributed by atoms with Crippen LogP contribution in [0.15, 0.2) is 58.3 Å². The van der Waals surface area contributed by atoms with E-state index in [4.69, 9.17) is 20.4 Å². The van der Waals surface area contributed by atoms with Crippen LogP contribution in [0.25, 0.3) is 17.1 Å². The van der Waals surface area contributed by atoms with E-state index in [1.807, 2.05) is 6.92 Å². The monoisotopic (exact) mass is 471 g/mol. The summed E-state index contributed by atoms with van der Waals surface area (Å²) in [5.41, 5.74) is 11.1. The lowest BCUT2D eigenvalue weighted by Crippen LogP contribution is -2.21. The zero-order chi connectivity index (χ0) is 24.8. The van der Waals surface area contributed by atoms with E-state index < -0.39 is 5.91 Å². The van der Waals surface area contributed by atoms with Gasteiger partial charge in [-0.25, -0.2) is 10.1 Å². The normalized spacial score (nSPS) is 11.2. The van der Waals surface area contributed by atoms with Crippen molar-refractivity contribution in [2.45, 2.75) is 20.3 Å². The molecule has 0 aliphatic heterocycles. The maximum atomic E-state index is 13.1. The molecule has 0 radical (unpaired) electrons. The van der Waals surface area contributed by atoms with E-state index in [9.17, 15) is 4.79 Å². The molecular weight excluding hydrogens is 450 g/mol. The fourth-order valence-electron chi connectivity index (χ4n) is 3.15. The number of hydrazone groups is 1. The first-order chi connectivity index (χ1) is 17.0. The largest absolute Gasteiger partial charge is 0.494 e. The Hall–Kier alpha value is -5.05. The Morgan fingerprint density at radius 3 is 2.57 bits per heavy atom. The summed E-state index contributed by atoms with van der Waals surface area (Å²) in [5.74, 6) is 0.169. The number of nitrogens with zero attached hydrogens (tertiary/aromatic N) is 7. The molecule has 1 amide bonds. The van der Waals surface area contributed by atoms with Gasteiger partial charge in [-0.2, -0.15) is 15.0 Å². The minimum absolute atomic E-state index is 0.00833. The number of anilines is 1. The number of hydrogen-bond donors (Lipinski definition) is 2. The summed E-state index contributed by atoms with van der Waals surface area (Å²) >= 11 is 0. The van der Waals surface area contributed by atoms with Crippen molar-refractivity contribution in [2.75, 3.05) is 12.3 Å². The number of nitrogen functional groups attached to an aromatic ring is 1. The molecule has 4 aromatic rings. The fourth-order valence-corrected chi connectivity index (χ4v) is 3.15. The summed E-state index contributed by atoms with van der Waals surface area (Å²) in [6.45, 7) is 4.34. The van der Waals surface area contributed by atoms with Crippen molar-refractivity contribution in [1.29, 1.82) is 5.26 Å². The fraction of sp³-hybridized carbons (Fsp3) is 0.174. The standard InChI is InChI=1S/C23H21N9O3/c1-3-12-34-18-10-8-17(9-11-18)20-19(27-31-32(20)22-21(25)29-35-30-22)23(33)28-26-14(2)16-6-4-15(13-24)5-7-16/h4-11H,3,12H2,1-2H3,(H2,25,29)(H,28,33). The van der Waals surface area contributed by atoms with Gasteiger partial charge in [-0.05, 0) is 65.6 Å². The zero-order valence-corrected chi connectivity index (χ0v) is 19.0. The summed E-state index contributed by atoms with van der Waals surface area (Å²) in [6.07, 6.45) is 0.879. The molecule has 0 bridgehead atoms. The second kappa shape index (κ2) is 10.3. The van der Waals surface area contributed by atoms with Crippen LogP contribution < -0.4 is 15.9 Å². The number of nitriles is 1. The molecule has 0 spiro atoms. The van der Waals surface area contributed by atoms with Gasteiger partial charge in [-0.3, -0.25) is 4.79 Å². The van der Waals surface area contributed by atoms with Gasteiger partial charge in [0.15, 0.2) is 5.69 Å². The average molecular weight is 471 g/mol. The number of rotatable bonds is 8. The van der Waals surface area contributed by atoms with Crippen LogP contribution in [0.1, 0.15) is 41.9 Å². The van der Waals surface area contributed by atoms with E-state index in [1.54, 1.807) is 55.5 Å². The van der Waals surface area contributed by atoms with E-state index in [2.05, 4.69) is 37.2 Å². The quantitative estimate of drug-likeness (QED) is 0.289. The molecule has 0 fully saturated rings. The maximum absolute atomic E-state index is 13.1. The van der Waals surface area contributed by atoms with Crippen LogP contribution in [0.2, 0.25) is 0 Å². The van der Waals surface area contributed by atoms with Crippen molar-refractivity contribution in [3.05, 3.63) is 65.4 Å². The van der Waals surface area contributed by atoms with Crippen molar-refractivity contribution < 1.29 is 14.2 Å². The lowest BCUT2D eigenvalue weighted by Gasteiger charge is -2.08. The Labute approximate surface area is 200 Å². The highest BCUT2D eigenvalue weighted by atomic mass is 16.6. The molecule has 176 valence electrons. The van der Waals surface area contributed by atoms with Crippen LogP contribution in [0.5, 0.6) is 5.75 Å². The van der Waals surface area contributed by atoms with E-state index in [0.29, 0.717) is 34.9 Å². The Bertz CT molecular complexity index is 1400. The van der Waals surface area contributed by atoms with Crippen molar-refractivity contribution in [1.82, 2.24) is 30.7 Å². The Balaban J connectivity index is 1.66. The topological polar surface area (TPSA) is 170 Å². The minimum atomic E-state index is -0.597. The molecule has 12 nitrogen and oxygen atoms in total. The van der Waals surface area contributed by atoms with E-state index in [0.717, 1.165) is 12.0 Å². The van der Waals surface area contributed by atoms with E-state index in [1.165, 1.54) is 4.68 Å². The van der Waals surface area contributed by atoms with Crippen LogP contribution in [-0.2, 0) is 0 Å². The first-order valence-corrected chi connectivity index (χ1v) is 10.6. The predicted octanol–water partition coefficient (Wildman–Crippen LogP) is 2.71. The second-order valence-corrected chi connectivity index (χ2v) is 7.37. The number of carbonyl (C=O) groups is 1. The Kier molecular flexibility index (Phi) is 6.78. The molecule has 0 saturated heterocycles. The lowest BCUT2D eigenvalue weighted by molar-refractivity contribution is 0.0950. The molecule has 2 aromatic heterocycles. The molecule has 0 saturated carbocycles. The van der Waals surface area contributed by atoms with Gasteiger partial charge >= 0.3 is 0 Å². The highest BCUT2D eigenvalue weighted by Gasteiger charge is 2.25. The second-order valence-electron chi connectivity index (χ2n) is 7.37. The molecule has 0 aliphatic carbocycles. The molecule has 0 aliphatic rings. The number of aromatic nitrogens is 5. The molecular formula is C23H21N9O3. The van der Waals surface area contributed by atoms with Gasteiger partial charge < -0.3 is 10.5 Å². The van der Waals surface area contributed by atoms with Crippen molar-refractivity contribution in [3.63, 3.8) is 0 Å². The third-order valence-corrected chi connectivity index (χ3v) is 4.94. The molecule has 35 heavy (non-hydrogen) atoms. The molecule has 3 N–H and O–H groups in total. The molecule has 2 heterocycles. The summed E-state index contributed by atoms with van der Waals surface area (Å²) < 4.78 is 11.6. The first-order valence-electron chi connectivity index (χ1n) is 10.6. The molecule has 12 heteroatoms. The molecule has 4 rings (SSSR count). The number of nitrogens with two attached hydrogens (primary N) is 1. The maximum Gasteiger partial charge on any atom is 0.294 e. The van der Waals surface area contributed by atoms with Gasteiger partial charge in [0.05, 0.1) is 24.0 Å². The van der Waals surface area contributed by atoms with Gasteiger partial charge in [0.25, 0.3) is 5.91 Å². The van der Waals surface area contributed by atoms with Crippen LogP contribution >= 0.6 is 0 Å². The first kappa shape index (κ1) is 23.1. The SMILES string of the molecule is CCCOc1ccc(-c2c(C(=O)NN=C(C)c3ccc(C#N)cc3)nnn2-c2nonc2N)cc1. The molecule has 0 unspecified atom stereocenters. The van der Waals surface area contributed by atoms with E-state index >= 15 is 0 Å². The number of benzene rings is 2. The highest BCUT2D eigenvalue weighted by molar-refractivity contribution is 6.02. The minimum Gasteiger partial charge on any atom is -0.494 e. The van der Waals surface area contributed by atoms with Crippen molar-refractivity contribution >= 4 is 17.4 Å². The van der Waals surface area contributed by atoms with Crippen LogP contribution in [0, 0.1) is 11.3 Å². The van der Waals surface area contributed by atoms with Crippen LogP contribution in [-0.4, -0.2) is 43.5 Å². The van der Waals surface area contributed by atoms with E-state index in [-0.39, 0.29) is 17.3 Å². The highest BCUT2D eigenvalue weighted by Crippen LogP contribution is 2.28. The van der Waals surface area contributed by atoms with Gasteiger partial charge in [-0.1, -0.05) is 24.3 Å². The van der Waals surface area contributed by atoms with Gasteiger partial charge in [0.1, 0.15) is 11.4 Å². The Morgan fingerprint density at radius 2 is 1.94 bits per heavy atom.